The highest BCUT2D eigenvalue weighted by atomic mass is 16.6. The molecule has 0 aromatic rings. The minimum Gasteiger partial charge on any atom is -0.544 e. The zero-order chi connectivity index (χ0) is 22.9. The SMILES string of the molecule is CCOC(=O)C(C(=O)OCC)=C(C)NCC1(C(C(=O)[O-])[NH+]2CCCCC2)CCCCC1. The van der Waals surface area contributed by atoms with Crippen molar-refractivity contribution in [2.24, 2.45) is 5.41 Å². The maximum absolute atomic E-state index is 12.4. The number of carboxylic acids is 1. The van der Waals surface area contributed by atoms with Gasteiger partial charge in [-0.25, -0.2) is 9.59 Å². The van der Waals surface area contributed by atoms with Crippen molar-refractivity contribution in [1.82, 2.24) is 5.32 Å². The molecule has 0 radical (unpaired) electrons. The number of ether oxygens (including phenoxy) is 2. The Morgan fingerprint density at radius 2 is 1.45 bits per heavy atom. The Morgan fingerprint density at radius 3 is 1.94 bits per heavy atom. The van der Waals surface area contributed by atoms with E-state index in [1.807, 2.05) is 0 Å². The molecule has 0 amide bonds. The molecule has 8 nitrogen and oxygen atoms in total. The van der Waals surface area contributed by atoms with Gasteiger partial charge in [-0.2, -0.15) is 0 Å². The number of carbonyl (C=O) groups excluding carboxylic acids is 3. The average molecular weight is 439 g/mol. The molecule has 1 unspecified atom stereocenters. The lowest BCUT2D eigenvalue weighted by Gasteiger charge is -2.47. The number of aliphatic carboxylic acids is 1. The van der Waals surface area contributed by atoms with Crippen LogP contribution in [0.5, 0.6) is 0 Å². The largest absolute Gasteiger partial charge is 0.544 e. The summed E-state index contributed by atoms with van der Waals surface area (Å²) in [6.07, 6.45) is 7.76. The summed E-state index contributed by atoms with van der Waals surface area (Å²) in [7, 11) is 0. The van der Waals surface area contributed by atoms with Crippen LogP contribution in [0.1, 0.15) is 72.1 Å². The minimum absolute atomic E-state index is 0.143. The van der Waals surface area contributed by atoms with Gasteiger partial charge < -0.3 is 29.6 Å². The third-order valence-corrected chi connectivity index (χ3v) is 6.64. The number of nitrogens with one attached hydrogen (secondary N) is 2. The molecular formula is C23H38N2O6. The van der Waals surface area contributed by atoms with E-state index < -0.39 is 29.4 Å². The van der Waals surface area contributed by atoms with Crippen molar-refractivity contribution in [1.29, 1.82) is 0 Å². The zero-order valence-corrected chi connectivity index (χ0v) is 19.2. The summed E-state index contributed by atoms with van der Waals surface area (Å²) in [6.45, 7) is 7.32. The molecule has 1 atom stereocenters. The molecule has 8 heteroatoms. The Balaban J connectivity index is 2.31. The van der Waals surface area contributed by atoms with E-state index in [2.05, 4.69) is 5.32 Å². The summed E-state index contributed by atoms with van der Waals surface area (Å²) in [5.74, 6) is -2.47. The van der Waals surface area contributed by atoms with Crippen LogP contribution in [0.2, 0.25) is 0 Å². The predicted octanol–water partition coefficient (Wildman–Crippen LogP) is 0.114. The van der Waals surface area contributed by atoms with Gasteiger partial charge in [0.15, 0.2) is 5.57 Å². The Bertz CT molecular complexity index is 643. The van der Waals surface area contributed by atoms with Crippen LogP contribution in [0.3, 0.4) is 0 Å². The molecule has 2 rings (SSSR count). The third kappa shape index (κ3) is 6.45. The van der Waals surface area contributed by atoms with Gasteiger partial charge in [-0.3, -0.25) is 0 Å². The number of rotatable bonds is 10. The van der Waals surface area contributed by atoms with Gasteiger partial charge in [0.05, 0.1) is 32.3 Å². The van der Waals surface area contributed by atoms with Crippen molar-refractivity contribution >= 4 is 17.9 Å². The fourth-order valence-corrected chi connectivity index (χ4v) is 5.16. The predicted molar refractivity (Wildman–Crippen MR) is 113 cm³/mol. The first-order valence-corrected chi connectivity index (χ1v) is 11.7. The van der Waals surface area contributed by atoms with Gasteiger partial charge >= 0.3 is 11.9 Å². The van der Waals surface area contributed by atoms with Crippen LogP contribution in [0.25, 0.3) is 0 Å². The quantitative estimate of drug-likeness (QED) is 0.216. The highest BCUT2D eigenvalue weighted by molar-refractivity contribution is 6.14. The summed E-state index contributed by atoms with van der Waals surface area (Å²) in [4.78, 5) is 38.2. The molecule has 1 saturated carbocycles. The zero-order valence-electron chi connectivity index (χ0n) is 19.2. The first-order chi connectivity index (χ1) is 14.9. The normalized spacial score (nSPS) is 19.7. The van der Waals surface area contributed by atoms with Crippen LogP contribution in [0, 0.1) is 5.41 Å². The summed E-state index contributed by atoms with van der Waals surface area (Å²) >= 11 is 0. The second-order valence-corrected chi connectivity index (χ2v) is 8.69. The molecule has 1 aliphatic heterocycles. The van der Waals surface area contributed by atoms with Gasteiger partial charge in [-0.05, 0) is 52.9 Å². The molecule has 2 fully saturated rings. The minimum atomic E-state index is -1.00. The van der Waals surface area contributed by atoms with Crippen molar-refractivity contribution in [3.63, 3.8) is 0 Å². The first-order valence-electron chi connectivity index (χ1n) is 11.7. The number of allylic oxidation sites excluding steroid dienone is 1. The first kappa shape index (κ1) is 25.2. The topological polar surface area (TPSA) is 109 Å². The molecule has 1 heterocycles. The molecule has 2 aliphatic rings. The standard InChI is InChI=1S/C23H38N2O6/c1-4-30-21(28)18(22(29)31-5-2)17(3)24-16-23(12-8-6-9-13-23)19(20(26)27)25-14-10-7-11-15-25/h19,24H,4-16H2,1-3H3,(H,26,27). The van der Waals surface area contributed by atoms with Gasteiger partial charge in [-0.15, -0.1) is 0 Å². The number of hydrogen-bond acceptors (Lipinski definition) is 7. The van der Waals surface area contributed by atoms with E-state index >= 15 is 0 Å². The number of quaternary nitrogens is 1. The Kier molecular flexibility index (Phi) is 9.81. The number of likely N-dealkylation sites (tertiary alicyclic amines) is 1. The maximum atomic E-state index is 12.4. The molecule has 31 heavy (non-hydrogen) atoms. The molecule has 1 saturated heterocycles. The maximum Gasteiger partial charge on any atom is 0.347 e. The van der Waals surface area contributed by atoms with Crippen LogP contribution < -0.4 is 15.3 Å². The molecule has 0 spiro atoms. The van der Waals surface area contributed by atoms with Crippen LogP contribution in [-0.2, 0) is 23.9 Å². The average Bonchev–Trinajstić information content (AvgIpc) is 2.74. The van der Waals surface area contributed by atoms with Crippen molar-refractivity contribution in [3.05, 3.63) is 11.3 Å². The van der Waals surface area contributed by atoms with Gasteiger partial charge in [0.2, 0.25) is 0 Å². The van der Waals surface area contributed by atoms with E-state index in [4.69, 9.17) is 9.47 Å². The number of carbonyl (C=O) groups is 3. The van der Waals surface area contributed by atoms with Crippen LogP contribution in [-0.4, -0.2) is 56.8 Å². The smallest absolute Gasteiger partial charge is 0.347 e. The van der Waals surface area contributed by atoms with Crippen LogP contribution >= 0.6 is 0 Å². The van der Waals surface area contributed by atoms with Crippen molar-refractivity contribution in [3.8, 4) is 0 Å². The number of piperidine rings is 1. The lowest BCUT2D eigenvalue weighted by atomic mass is 9.68. The Morgan fingerprint density at radius 1 is 0.935 bits per heavy atom. The van der Waals surface area contributed by atoms with E-state index in [0.29, 0.717) is 12.2 Å². The van der Waals surface area contributed by atoms with Gasteiger partial charge in [0.25, 0.3) is 0 Å². The lowest BCUT2D eigenvalue weighted by molar-refractivity contribution is -0.931. The molecule has 1 aliphatic carbocycles. The summed E-state index contributed by atoms with van der Waals surface area (Å²) < 4.78 is 10.1. The highest BCUT2D eigenvalue weighted by Crippen LogP contribution is 2.38. The Hall–Kier alpha value is -2.09. The van der Waals surface area contributed by atoms with Crippen molar-refractivity contribution in [2.45, 2.75) is 78.2 Å². The molecule has 176 valence electrons. The second kappa shape index (κ2) is 12.1. The highest BCUT2D eigenvalue weighted by Gasteiger charge is 2.47. The van der Waals surface area contributed by atoms with Crippen molar-refractivity contribution in [2.75, 3.05) is 32.8 Å². The number of carboxylic acid groups (broad SMARTS) is 1. The van der Waals surface area contributed by atoms with Crippen LogP contribution in [0.4, 0.5) is 0 Å². The van der Waals surface area contributed by atoms with E-state index in [-0.39, 0.29) is 18.8 Å². The molecule has 2 N–H and O–H groups in total. The fraction of sp³-hybridized carbons (Fsp3) is 0.783. The monoisotopic (exact) mass is 438 g/mol. The van der Waals surface area contributed by atoms with Gasteiger partial charge in [-0.1, -0.05) is 19.3 Å². The molecule has 0 aromatic carbocycles. The van der Waals surface area contributed by atoms with E-state index in [1.165, 1.54) is 0 Å². The van der Waals surface area contributed by atoms with E-state index in [1.54, 1.807) is 20.8 Å². The second-order valence-electron chi connectivity index (χ2n) is 8.69. The molecular weight excluding hydrogens is 400 g/mol. The van der Waals surface area contributed by atoms with E-state index in [9.17, 15) is 19.5 Å². The number of hydrogen-bond donors (Lipinski definition) is 2. The summed E-state index contributed by atoms with van der Waals surface area (Å²) in [5.41, 5.74) is -0.294. The molecule has 0 aromatic heterocycles. The van der Waals surface area contributed by atoms with Gasteiger partial charge in [0.1, 0.15) is 6.04 Å². The third-order valence-electron chi connectivity index (χ3n) is 6.64. The molecule has 0 bridgehead atoms. The van der Waals surface area contributed by atoms with E-state index in [0.717, 1.165) is 69.4 Å². The summed E-state index contributed by atoms with van der Waals surface area (Å²) in [6, 6.07) is -0.609. The lowest BCUT2D eigenvalue weighted by Crippen LogP contribution is -3.19. The van der Waals surface area contributed by atoms with Crippen molar-refractivity contribution < 1.29 is 33.9 Å². The number of esters is 2. The van der Waals surface area contributed by atoms with Gasteiger partial charge in [0, 0.05) is 17.7 Å². The summed E-state index contributed by atoms with van der Waals surface area (Å²) in [5, 5.41) is 15.6. The fourth-order valence-electron chi connectivity index (χ4n) is 5.16. The Labute approximate surface area is 185 Å². The van der Waals surface area contributed by atoms with Crippen LogP contribution in [0.15, 0.2) is 11.3 Å².